The standard InChI is InChI=1S/C14H22N2O3/c1-3-8-19-9-4-7-16-13-10-11(14(17)18-2)5-6-12(13)15/h5-6,10,16H,3-4,7-9,15H2,1-2H3. The molecule has 0 fully saturated rings. The zero-order chi connectivity index (χ0) is 14.1. The van der Waals surface area contributed by atoms with Crippen molar-refractivity contribution < 1.29 is 14.3 Å². The van der Waals surface area contributed by atoms with Crippen molar-refractivity contribution in [1.82, 2.24) is 0 Å². The van der Waals surface area contributed by atoms with Crippen LogP contribution in [0.15, 0.2) is 18.2 Å². The van der Waals surface area contributed by atoms with Crippen molar-refractivity contribution in [2.45, 2.75) is 19.8 Å². The highest BCUT2D eigenvalue weighted by atomic mass is 16.5. The smallest absolute Gasteiger partial charge is 0.337 e. The fourth-order valence-electron chi connectivity index (χ4n) is 1.60. The largest absolute Gasteiger partial charge is 0.465 e. The average Bonchev–Trinajstić information content (AvgIpc) is 2.43. The summed E-state index contributed by atoms with van der Waals surface area (Å²) in [4.78, 5) is 11.4. The Hall–Kier alpha value is -1.75. The second-order valence-electron chi connectivity index (χ2n) is 4.19. The molecule has 0 saturated heterocycles. The van der Waals surface area contributed by atoms with Gasteiger partial charge in [0, 0.05) is 19.8 Å². The number of ether oxygens (including phenoxy) is 2. The van der Waals surface area contributed by atoms with Gasteiger partial charge in [-0.25, -0.2) is 4.79 Å². The molecule has 106 valence electrons. The van der Waals surface area contributed by atoms with Crippen LogP contribution in [0.4, 0.5) is 11.4 Å². The SMILES string of the molecule is CCCOCCCNc1cc(C(=O)OC)ccc1N. The number of anilines is 2. The summed E-state index contributed by atoms with van der Waals surface area (Å²) in [7, 11) is 1.36. The van der Waals surface area contributed by atoms with Gasteiger partial charge in [0.2, 0.25) is 0 Å². The maximum absolute atomic E-state index is 11.4. The molecule has 0 unspecified atom stereocenters. The van der Waals surface area contributed by atoms with E-state index in [1.54, 1.807) is 18.2 Å². The molecule has 0 spiro atoms. The lowest BCUT2D eigenvalue weighted by Crippen LogP contribution is -2.09. The molecule has 5 heteroatoms. The van der Waals surface area contributed by atoms with Gasteiger partial charge in [-0.2, -0.15) is 0 Å². The van der Waals surface area contributed by atoms with E-state index in [2.05, 4.69) is 17.0 Å². The lowest BCUT2D eigenvalue weighted by Gasteiger charge is -2.10. The van der Waals surface area contributed by atoms with E-state index < -0.39 is 0 Å². The minimum atomic E-state index is -0.366. The second-order valence-corrected chi connectivity index (χ2v) is 4.19. The molecule has 3 N–H and O–H groups in total. The molecule has 0 aliphatic rings. The summed E-state index contributed by atoms with van der Waals surface area (Å²) < 4.78 is 10.1. The van der Waals surface area contributed by atoms with Gasteiger partial charge in [-0.3, -0.25) is 0 Å². The Labute approximate surface area is 114 Å². The van der Waals surface area contributed by atoms with Crippen LogP contribution in [0.3, 0.4) is 0 Å². The highest BCUT2D eigenvalue weighted by molar-refractivity contribution is 5.91. The minimum absolute atomic E-state index is 0.366. The van der Waals surface area contributed by atoms with Gasteiger partial charge in [0.05, 0.1) is 24.0 Å². The molecule has 1 aromatic rings. The molecule has 0 heterocycles. The monoisotopic (exact) mass is 266 g/mol. The van der Waals surface area contributed by atoms with E-state index in [4.69, 9.17) is 10.5 Å². The van der Waals surface area contributed by atoms with Crippen LogP contribution in [0.5, 0.6) is 0 Å². The molecule has 19 heavy (non-hydrogen) atoms. The van der Waals surface area contributed by atoms with E-state index in [9.17, 15) is 4.79 Å². The quantitative estimate of drug-likeness (QED) is 0.429. The molecular weight excluding hydrogens is 244 g/mol. The number of carbonyl (C=O) groups is 1. The number of esters is 1. The minimum Gasteiger partial charge on any atom is -0.465 e. The third-order valence-corrected chi connectivity index (χ3v) is 2.60. The lowest BCUT2D eigenvalue weighted by atomic mass is 10.1. The molecule has 0 bridgehead atoms. The Kier molecular flexibility index (Phi) is 6.74. The first-order chi connectivity index (χ1) is 9.19. The van der Waals surface area contributed by atoms with Crippen molar-refractivity contribution in [3.8, 4) is 0 Å². The third-order valence-electron chi connectivity index (χ3n) is 2.60. The molecule has 0 saturated carbocycles. The fourth-order valence-corrected chi connectivity index (χ4v) is 1.60. The van der Waals surface area contributed by atoms with Crippen LogP contribution >= 0.6 is 0 Å². The number of rotatable bonds is 8. The zero-order valence-electron chi connectivity index (χ0n) is 11.6. The number of nitrogen functional groups attached to an aromatic ring is 1. The zero-order valence-corrected chi connectivity index (χ0v) is 11.6. The molecule has 0 amide bonds. The van der Waals surface area contributed by atoms with Crippen LogP contribution in [0.1, 0.15) is 30.1 Å². The molecule has 0 radical (unpaired) electrons. The van der Waals surface area contributed by atoms with Gasteiger partial charge >= 0.3 is 5.97 Å². The van der Waals surface area contributed by atoms with E-state index in [-0.39, 0.29) is 5.97 Å². The molecule has 1 aromatic carbocycles. The summed E-state index contributed by atoms with van der Waals surface area (Å²) in [5.74, 6) is -0.366. The van der Waals surface area contributed by atoms with E-state index in [1.165, 1.54) is 7.11 Å². The summed E-state index contributed by atoms with van der Waals surface area (Å²) in [5, 5.41) is 3.20. The fraction of sp³-hybridized carbons (Fsp3) is 0.500. The Morgan fingerprint density at radius 3 is 2.84 bits per heavy atom. The highest BCUT2D eigenvalue weighted by Crippen LogP contribution is 2.20. The first-order valence-electron chi connectivity index (χ1n) is 6.48. The number of hydrogen-bond acceptors (Lipinski definition) is 5. The predicted molar refractivity (Wildman–Crippen MR) is 76.4 cm³/mol. The van der Waals surface area contributed by atoms with Crippen molar-refractivity contribution in [1.29, 1.82) is 0 Å². The van der Waals surface area contributed by atoms with Crippen molar-refractivity contribution in [2.24, 2.45) is 0 Å². The first kappa shape index (κ1) is 15.3. The van der Waals surface area contributed by atoms with E-state index in [1.807, 2.05) is 0 Å². The van der Waals surface area contributed by atoms with Gasteiger partial charge in [0.25, 0.3) is 0 Å². The van der Waals surface area contributed by atoms with Crippen molar-refractivity contribution in [3.05, 3.63) is 23.8 Å². The van der Waals surface area contributed by atoms with E-state index in [0.29, 0.717) is 11.3 Å². The highest BCUT2D eigenvalue weighted by Gasteiger charge is 2.07. The molecule has 1 rings (SSSR count). The van der Waals surface area contributed by atoms with Gasteiger partial charge in [0.15, 0.2) is 0 Å². The number of hydrogen-bond donors (Lipinski definition) is 2. The van der Waals surface area contributed by atoms with Crippen molar-refractivity contribution >= 4 is 17.3 Å². The van der Waals surface area contributed by atoms with Gasteiger partial charge in [-0.05, 0) is 31.0 Å². The molecular formula is C14H22N2O3. The maximum Gasteiger partial charge on any atom is 0.337 e. The van der Waals surface area contributed by atoms with Crippen LogP contribution in [-0.2, 0) is 9.47 Å². The van der Waals surface area contributed by atoms with Crippen LogP contribution in [-0.4, -0.2) is 32.8 Å². The Balaban J connectivity index is 2.46. The maximum atomic E-state index is 11.4. The second kappa shape index (κ2) is 8.37. The Morgan fingerprint density at radius 1 is 1.37 bits per heavy atom. The van der Waals surface area contributed by atoms with Crippen LogP contribution in [0.2, 0.25) is 0 Å². The third kappa shape index (κ3) is 5.18. The van der Waals surface area contributed by atoms with Crippen LogP contribution in [0.25, 0.3) is 0 Å². The average molecular weight is 266 g/mol. The molecule has 5 nitrogen and oxygen atoms in total. The number of methoxy groups -OCH3 is 1. The summed E-state index contributed by atoms with van der Waals surface area (Å²) in [6.07, 6.45) is 1.92. The predicted octanol–water partition coefficient (Wildman–Crippen LogP) is 2.28. The molecule has 0 aliphatic heterocycles. The number of benzene rings is 1. The van der Waals surface area contributed by atoms with Gasteiger partial charge in [-0.15, -0.1) is 0 Å². The van der Waals surface area contributed by atoms with Gasteiger partial charge in [-0.1, -0.05) is 6.92 Å². The van der Waals surface area contributed by atoms with Crippen LogP contribution in [0, 0.1) is 0 Å². The summed E-state index contributed by atoms with van der Waals surface area (Å²) >= 11 is 0. The van der Waals surface area contributed by atoms with E-state index >= 15 is 0 Å². The summed E-state index contributed by atoms with van der Waals surface area (Å²) in [6.45, 7) is 4.34. The molecule has 0 aliphatic carbocycles. The number of nitrogens with two attached hydrogens (primary N) is 1. The molecule has 0 aromatic heterocycles. The van der Waals surface area contributed by atoms with Crippen molar-refractivity contribution in [2.75, 3.05) is 37.9 Å². The summed E-state index contributed by atoms with van der Waals surface area (Å²) in [5.41, 5.74) is 7.70. The first-order valence-corrected chi connectivity index (χ1v) is 6.48. The van der Waals surface area contributed by atoms with Crippen LogP contribution < -0.4 is 11.1 Å². The van der Waals surface area contributed by atoms with Gasteiger partial charge < -0.3 is 20.5 Å². The Bertz CT molecular complexity index is 408. The topological polar surface area (TPSA) is 73.6 Å². The van der Waals surface area contributed by atoms with E-state index in [0.717, 1.165) is 38.3 Å². The Morgan fingerprint density at radius 2 is 2.16 bits per heavy atom. The lowest BCUT2D eigenvalue weighted by molar-refractivity contribution is 0.0601. The van der Waals surface area contributed by atoms with Crippen molar-refractivity contribution in [3.63, 3.8) is 0 Å². The normalized spacial score (nSPS) is 10.2. The van der Waals surface area contributed by atoms with Gasteiger partial charge in [0.1, 0.15) is 0 Å². The summed E-state index contributed by atoms with van der Waals surface area (Å²) in [6, 6.07) is 5.05. The number of nitrogens with one attached hydrogen (secondary N) is 1. The molecule has 0 atom stereocenters. The number of carbonyl (C=O) groups excluding carboxylic acids is 1.